The molecule has 3 N–H and O–H groups in total. The van der Waals surface area contributed by atoms with Crippen LogP contribution in [0.2, 0.25) is 0 Å². The Kier molecular flexibility index (Phi) is 2.45. The molecule has 0 aliphatic carbocycles. The van der Waals surface area contributed by atoms with Gasteiger partial charge in [0.25, 0.3) is 5.82 Å². The van der Waals surface area contributed by atoms with Gasteiger partial charge in [-0.25, -0.2) is 4.57 Å². The highest BCUT2D eigenvalue weighted by Gasteiger charge is 2.17. The Bertz CT molecular complexity index is 279. The molecule has 1 saturated heterocycles. The molecule has 0 spiro atoms. The summed E-state index contributed by atoms with van der Waals surface area (Å²) in [6.45, 7) is 2.14. The summed E-state index contributed by atoms with van der Waals surface area (Å²) in [7, 11) is 0. The molecule has 1 fully saturated rings. The minimum atomic E-state index is 0.606. The minimum Gasteiger partial charge on any atom is -0.310 e. The number of nitrogen functional groups attached to an aromatic ring is 1. The van der Waals surface area contributed by atoms with Crippen molar-refractivity contribution in [3.8, 4) is 0 Å². The number of nitrogens with one attached hydrogen (secondary N) is 1. The molecular formula is C10H16N3+. The Morgan fingerprint density at radius 2 is 2.46 bits per heavy atom. The van der Waals surface area contributed by atoms with E-state index in [1.165, 1.54) is 12.8 Å². The Labute approximate surface area is 78.6 Å². The average Bonchev–Trinajstić information content (AvgIpc) is 2.61. The molecular weight excluding hydrogens is 162 g/mol. The van der Waals surface area contributed by atoms with Crippen molar-refractivity contribution in [1.82, 2.24) is 5.32 Å². The Hall–Kier alpha value is -1.09. The smallest absolute Gasteiger partial charge is 0.272 e. The third-order valence-electron chi connectivity index (χ3n) is 2.56. The molecule has 3 heteroatoms. The maximum Gasteiger partial charge on any atom is 0.272 e. The van der Waals surface area contributed by atoms with Gasteiger partial charge in [-0.2, -0.15) is 0 Å². The highest BCUT2D eigenvalue weighted by molar-refractivity contribution is 5.18. The topological polar surface area (TPSA) is 41.9 Å². The van der Waals surface area contributed by atoms with Gasteiger partial charge < -0.3 is 5.32 Å². The van der Waals surface area contributed by atoms with Gasteiger partial charge in [0, 0.05) is 12.1 Å². The van der Waals surface area contributed by atoms with Crippen molar-refractivity contribution in [3.63, 3.8) is 0 Å². The highest BCUT2D eigenvalue weighted by Crippen LogP contribution is 2.05. The molecule has 1 aromatic rings. The second kappa shape index (κ2) is 3.75. The molecule has 0 amide bonds. The first-order valence-electron chi connectivity index (χ1n) is 4.83. The predicted octanol–water partition coefficient (Wildman–Crippen LogP) is 0.308. The number of anilines is 1. The Morgan fingerprint density at radius 1 is 1.54 bits per heavy atom. The number of pyridine rings is 1. The van der Waals surface area contributed by atoms with E-state index in [4.69, 9.17) is 5.73 Å². The third-order valence-corrected chi connectivity index (χ3v) is 2.56. The van der Waals surface area contributed by atoms with Gasteiger partial charge >= 0.3 is 0 Å². The average molecular weight is 178 g/mol. The monoisotopic (exact) mass is 178 g/mol. The lowest BCUT2D eigenvalue weighted by molar-refractivity contribution is -0.685. The van der Waals surface area contributed by atoms with Crippen LogP contribution in [0.1, 0.15) is 12.8 Å². The number of rotatable bonds is 2. The largest absolute Gasteiger partial charge is 0.310 e. The maximum absolute atomic E-state index is 5.83. The first-order valence-corrected chi connectivity index (χ1v) is 4.83. The molecule has 0 saturated carbocycles. The summed E-state index contributed by atoms with van der Waals surface area (Å²) in [5.41, 5.74) is 5.83. The van der Waals surface area contributed by atoms with Crippen molar-refractivity contribution >= 4 is 5.82 Å². The van der Waals surface area contributed by atoms with Crippen molar-refractivity contribution in [1.29, 1.82) is 0 Å². The molecule has 2 heterocycles. The molecule has 1 atom stereocenters. The molecule has 70 valence electrons. The third kappa shape index (κ3) is 1.98. The van der Waals surface area contributed by atoms with E-state index in [-0.39, 0.29) is 0 Å². The van der Waals surface area contributed by atoms with E-state index in [1.54, 1.807) is 0 Å². The van der Waals surface area contributed by atoms with Crippen molar-refractivity contribution in [3.05, 3.63) is 24.4 Å². The van der Waals surface area contributed by atoms with Gasteiger partial charge in [-0.1, -0.05) is 6.07 Å². The van der Waals surface area contributed by atoms with Crippen LogP contribution in [0.15, 0.2) is 24.4 Å². The Balaban J connectivity index is 2.04. The molecule has 0 radical (unpaired) electrons. The quantitative estimate of drug-likeness (QED) is 0.640. The van der Waals surface area contributed by atoms with Gasteiger partial charge in [0.15, 0.2) is 0 Å². The van der Waals surface area contributed by atoms with E-state index in [1.807, 2.05) is 24.4 Å². The molecule has 1 unspecified atom stereocenters. The van der Waals surface area contributed by atoms with Crippen LogP contribution in [0.5, 0.6) is 0 Å². The molecule has 1 aromatic heterocycles. The van der Waals surface area contributed by atoms with Crippen molar-refractivity contribution in [2.75, 3.05) is 12.3 Å². The van der Waals surface area contributed by atoms with E-state index in [9.17, 15) is 0 Å². The van der Waals surface area contributed by atoms with Gasteiger partial charge in [-0.3, -0.25) is 5.73 Å². The van der Waals surface area contributed by atoms with Crippen LogP contribution in [0, 0.1) is 0 Å². The van der Waals surface area contributed by atoms with Crippen molar-refractivity contribution < 1.29 is 4.57 Å². The fourth-order valence-electron chi connectivity index (χ4n) is 1.81. The number of hydrogen-bond acceptors (Lipinski definition) is 2. The number of aromatic nitrogens is 1. The van der Waals surface area contributed by atoms with Crippen molar-refractivity contribution in [2.24, 2.45) is 0 Å². The van der Waals surface area contributed by atoms with Crippen LogP contribution in [-0.2, 0) is 6.54 Å². The number of nitrogens with zero attached hydrogens (tertiary/aromatic N) is 1. The zero-order valence-corrected chi connectivity index (χ0v) is 7.74. The molecule has 0 aromatic carbocycles. The molecule has 1 aliphatic heterocycles. The molecule has 1 aliphatic rings. The number of nitrogens with two attached hydrogens (primary N) is 1. The standard InChI is InChI=1S/C10H15N3/c11-10-5-1-2-7-13(10)8-9-4-3-6-12-9/h1-2,5,7,9,11-12H,3-4,6,8H2/p+1. The van der Waals surface area contributed by atoms with E-state index < -0.39 is 0 Å². The number of hydrogen-bond donors (Lipinski definition) is 2. The lowest BCUT2D eigenvalue weighted by Crippen LogP contribution is -2.44. The lowest BCUT2D eigenvalue weighted by atomic mass is 10.2. The zero-order valence-electron chi connectivity index (χ0n) is 7.74. The zero-order chi connectivity index (χ0) is 9.10. The van der Waals surface area contributed by atoms with E-state index in [0.717, 1.165) is 18.9 Å². The van der Waals surface area contributed by atoms with Crippen LogP contribution in [0.4, 0.5) is 5.82 Å². The van der Waals surface area contributed by atoms with E-state index >= 15 is 0 Å². The summed E-state index contributed by atoms with van der Waals surface area (Å²) in [6, 6.07) is 6.53. The van der Waals surface area contributed by atoms with E-state index in [2.05, 4.69) is 9.88 Å². The summed E-state index contributed by atoms with van der Waals surface area (Å²) < 4.78 is 2.10. The predicted molar refractivity (Wildman–Crippen MR) is 52.1 cm³/mol. The summed E-state index contributed by atoms with van der Waals surface area (Å²) >= 11 is 0. The lowest BCUT2D eigenvalue weighted by Gasteiger charge is -2.09. The van der Waals surface area contributed by atoms with Crippen molar-refractivity contribution in [2.45, 2.75) is 25.4 Å². The van der Waals surface area contributed by atoms with E-state index in [0.29, 0.717) is 6.04 Å². The summed E-state index contributed by atoms with van der Waals surface area (Å²) in [5.74, 6) is 0.844. The van der Waals surface area contributed by atoms with Crippen LogP contribution >= 0.6 is 0 Å². The fourth-order valence-corrected chi connectivity index (χ4v) is 1.81. The van der Waals surface area contributed by atoms with Gasteiger partial charge in [0.05, 0.1) is 6.20 Å². The normalized spacial score (nSPS) is 22.0. The van der Waals surface area contributed by atoms with Gasteiger partial charge in [-0.15, -0.1) is 0 Å². The summed E-state index contributed by atoms with van der Waals surface area (Å²) in [6.07, 6.45) is 4.59. The van der Waals surface area contributed by atoms with Crippen LogP contribution < -0.4 is 15.6 Å². The molecule has 2 rings (SSSR count). The summed E-state index contributed by atoms with van der Waals surface area (Å²) in [4.78, 5) is 0. The van der Waals surface area contributed by atoms with Crippen LogP contribution in [-0.4, -0.2) is 12.6 Å². The van der Waals surface area contributed by atoms with Gasteiger partial charge in [0.1, 0.15) is 6.54 Å². The minimum absolute atomic E-state index is 0.606. The Morgan fingerprint density at radius 3 is 3.15 bits per heavy atom. The summed E-state index contributed by atoms with van der Waals surface area (Å²) in [5, 5.41) is 3.46. The second-order valence-electron chi connectivity index (χ2n) is 3.57. The van der Waals surface area contributed by atoms with Gasteiger partial charge in [-0.05, 0) is 25.5 Å². The molecule has 3 nitrogen and oxygen atoms in total. The molecule has 13 heavy (non-hydrogen) atoms. The van der Waals surface area contributed by atoms with Crippen LogP contribution in [0.25, 0.3) is 0 Å². The van der Waals surface area contributed by atoms with Crippen LogP contribution in [0.3, 0.4) is 0 Å². The highest BCUT2D eigenvalue weighted by atomic mass is 15.1. The molecule has 0 bridgehead atoms. The fraction of sp³-hybridized carbons (Fsp3) is 0.500. The second-order valence-corrected chi connectivity index (χ2v) is 3.57. The first-order chi connectivity index (χ1) is 6.36. The maximum atomic E-state index is 5.83. The first kappa shape index (κ1) is 8.51. The SMILES string of the molecule is Nc1cccc[n+]1CC1CCCN1. The van der Waals surface area contributed by atoms with Gasteiger partial charge in [0.2, 0.25) is 0 Å².